The van der Waals surface area contributed by atoms with Gasteiger partial charge in [-0.25, -0.2) is 0 Å². The van der Waals surface area contributed by atoms with Crippen molar-refractivity contribution in [2.75, 3.05) is 0 Å². The Labute approximate surface area is 124 Å². The Balaban J connectivity index is 2.35. The van der Waals surface area contributed by atoms with E-state index in [1.807, 2.05) is 0 Å². The van der Waals surface area contributed by atoms with Crippen LogP contribution in [0.1, 0.15) is 0 Å². The summed E-state index contributed by atoms with van der Waals surface area (Å²) in [6, 6.07) is 8.89. The number of non-ortho nitro benzene ring substituents is 2. The molecule has 0 saturated carbocycles. The molecule has 22 heavy (non-hydrogen) atoms. The molecule has 2 aromatic rings. The summed E-state index contributed by atoms with van der Waals surface area (Å²) in [5.41, 5.74) is -0.754. The molecule has 10 heteroatoms. The molecule has 9 nitrogen and oxygen atoms in total. The monoisotopic (exact) mass is 324 g/mol. The van der Waals surface area contributed by atoms with E-state index < -0.39 is 30.5 Å². The van der Waals surface area contributed by atoms with Gasteiger partial charge in [0.2, 0.25) is 0 Å². The van der Waals surface area contributed by atoms with E-state index in [0.29, 0.717) is 0 Å². The molecule has 114 valence electrons. The molecule has 0 saturated heterocycles. The SMILES string of the molecule is O=[N+]([O-])c1cccc(OS(=O)(=O)c2cccc([N+](=O)[O-])c2)c1. The Bertz CT molecular complexity index is 848. The fraction of sp³-hybridized carbons (Fsp3) is 0. The van der Waals surface area contributed by atoms with E-state index in [9.17, 15) is 28.6 Å². The lowest BCUT2D eigenvalue weighted by Crippen LogP contribution is -2.10. The molecule has 0 aromatic heterocycles. The third kappa shape index (κ3) is 3.35. The first-order chi connectivity index (χ1) is 10.3. The average Bonchev–Trinajstić information content (AvgIpc) is 2.47. The Hall–Kier alpha value is -3.01. The Morgan fingerprint density at radius 2 is 1.41 bits per heavy atom. The van der Waals surface area contributed by atoms with Crippen LogP contribution >= 0.6 is 0 Å². The predicted octanol–water partition coefficient (Wildman–Crippen LogP) is 2.27. The van der Waals surface area contributed by atoms with E-state index in [1.54, 1.807) is 0 Å². The van der Waals surface area contributed by atoms with Crippen molar-refractivity contribution >= 4 is 21.5 Å². The second-order valence-corrected chi connectivity index (χ2v) is 5.59. The van der Waals surface area contributed by atoms with E-state index in [1.165, 1.54) is 24.3 Å². The van der Waals surface area contributed by atoms with Crippen LogP contribution in [0.5, 0.6) is 5.75 Å². The molecule has 0 fully saturated rings. The molecule has 0 bridgehead atoms. The van der Waals surface area contributed by atoms with Gasteiger partial charge >= 0.3 is 10.1 Å². The average molecular weight is 324 g/mol. The van der Waals surface area contributed by atoms with Gasteiger partial charge in [-0.15, -0.1) is 0 Å². The van der Waals surface area contributed by atoms with Crippen LogP contribution in [0.2, 0.25) is 0 Å². The number of hydrogen-bond donors (Lipinski definition) is 0. The fourth-order valence-electron chi connectivity index (χ4n) is 1.58. The maximum Gasteiger partial charge on any atom is 0.339 e. The summed E-state index contributed by atoms with van der Waals surface area (Å²) >= 11 is 0. The minimum absolute atomic E-state index is 0.263. The van der Waals surface area contributed by atoms with E-state index >= 15 is 0 Å². The minimum Gasteiger partial charge on any atom is -0.379 e. The number of nitro groups is 2. The van der Waals surface area contributed by atoms with Gasteiger partial charge in [-0.05, 0) is 12.1 Å². The van der Waals surface area contributed by atoms with E-state index in [4.69, 9.17) is 4.18 Å². The molecule has 0 aliphatic heterocycles. The van der Waals surface area contributed by atoms with Crippen LogP contribution in [0.25, 0.3) is 0 Å². The molecular weight excluding hydrogens is 316 g/mol. The predicted molar refractivity (Wildman–Crippen MR) is 74.0 cm³/mol. The van der Waals surface area contributed by atoms with E-state index in [2.05, 4.69) is 0 Å². The number of benzene rings is 2. The molecule has 2 aromatic carbocycles. The quantitative estimate of drug-likeness (QED) is 0.468. The van der Waals surface area contributed by atoms with Crippen molar-refractivity contribution in [3.05, 3.63) is 68.8 Å². The molecule has 0 spiro atoms. The first kappa shape index (κ1) is 15.4. The zero-order chi connectivity index (χ0) is 16.3. The van der Waals surface area contributed by atoms with Gasteiger partial charge < -0.3 is 4.18 Å². The maximum absolute atomic E-state index is 12.0. The summed E-state index contributed by atoms with van der Waals surface area (Å²) in [6.45, 7) is 0. The van der Waals surface area contributed by atoms with Crippen molar-refractivity contribution in [1.29, 1.82) is 0 Å². The third-order valence-corrected chi connectivity index (χ3v) is 3.79. The van der Waals surface area contributed by atoms with Gasteiger partial charge in [0.05, 0.1) is 15.9 Å². The number of nitro benzene ring substituents is 2. The van der Waals surface area contributed by atoms with Gasteiger partial charge in [-0.2, -0.15) is 8.42 Å². The van der Waals surface area contributed by atoms with Gasteiger partial charge in [0, 0.05) is 18.2 Å². The summed E-state index contributed by atoms with van der Waals surface area (Å²) in [4.78, 5) is 19.4. The van der Waals surface area contributed by atoms with Crippen LogP contribution in [-0.2, 0) is 10.1 Å². The van der Waals surface area contributed by atoms with Crippen molar-refractivity contribution in [2.45, 2.75) is 4.90 Å². The fourth-order valence-corrected chi connectivity index (χ4v) is 2.54. The largest absolute Gasteiger partial charge is 0.379 e. The molecule has 0 atom stereocenters. The van der Waals surface area contributed by atoms with E-state index in [-0.39, 0.29) is 11.4 Å². The summed E-state index contributed by atoms with van der Waals surface area (Å²) in [5, 5.41) is 21.3. The normalized spacial score (nSPS) is 10.9. The Kier molecular flexibility index (Phi) is 4.04. The smallest absolute Gasteiger partial charge is 0.339 e. The highest BCUT2D eigenvalue weighted by Crippen LogP contribution is 2.24. The molecule has 0 aliphatic rings. The lowest BCUT2D eigenvalue weighted by molar-refractivity contribution is -0.385. The van der Waals surface area contributed by atoms with Crippen LogP contribution in [0.4, 0.5) is 11.4 Å². The number of hydrogen-bond acceptors (Lipinski definition) is 7. The highest BCUT2D eigenvalue weighted by Gasteiger charge is 2.20. The molecule has 0 radical (unpaired) electrons. The minimum atomic E-state index is -4.34. The van der Waals surface area contributed by atoms with Crippen molar-refractivity contribution < 1.29 is 22.4 Å². The van der Waals surface area contributed by atoms with Gasteiger partial charge in [0.1, 0.15) is 10.6 Å². The summed E-state index contributed by atoms with van der Waals surface area (Å²) in [7, 11) is -4.34. The molecule has 0 heterocycles. The van der Waals surface area contributed by atoms with Gasteiger partial charge in [-0.1, -0.05) is 12.1 Å². The molecule has 0 N–H and O–H groups in total. The van der Waals surface area contributed by atoms with Crippen LogP contribution in [-0.4, -0.2) is 18.3 Å². The van der Waals surface area contributed by atoms with Crippen LogP contribution in [0, 0.1) is 20.2 Å². The second kappa shape index (κ2) is 5.77. The standard InChI is InChI=1S/C12H8N2O7S/c15-13(16)9-3-1-5-11(7-9)21-22(19,20)12-6-2-4-10(8-12)14(17)18/h1-8H. The molecular formula is C12H8N2O7S. The second-order valence-electron chi connectivity index (χ2n) is 4.05. The first-order valence-corrected chi connectivity index (χ1v) is 7.14. The zero-order valence-electron chi connectivity index (χ0n) is 10.8. The summed E-state index contributed by atoms with van der Waals surface area (Å²) in [6.07, 6.45) is 0. The molecule has 0 aliphatic carbocycles. The van der Waals surface area contributed by atoms with Crippen LogP contribution < -0.4 is 4.18 Å². The first-order valence-electron chi connectivity index (χ1n) is 5.73. The van der Waals surface area contributed by atoms with E-state index in [0.717, 1.165) is 24.3 Å². The molecule has 2 rings (SSSR count). The summed E-state index contributed by atoms with van der Waals surface area (Å²) in [5.74, 6) is -0.263. The maximum atomic E-state index is 12.0. The molecule has 0 amide bonds. The van der Waals surface area contributed by atoms with Gasteiger partial charge in [-0.3, -0.25) is 20.2 Å². The topological polar surface area (TPSA) is 130 Å². The van der Waals surface area contributed by atoms with Crippen molar-refractivity contribution in [2.24, 2.45) is 0 Å². The number of rotatable bonds is 5. The zero-order valence-corrected chi connectivity index (χ0v) is 11.6. The number of nitrogens with zero attached hydrogens (tertiary/aromatic N) is 2. The van der Waals surface area contributed by atoms with Crippen LogP contribution in [0.3, 0.4) is 0 Å². The Morgan fingerprint density at radius 3 is 2.00 bits per heavy atom. The highest BCUT2D eigenvalue weighted by atomic mass is 32.2. The van der Waals surface area contributed by atoms with Crippen molar-refractivity contribution in [3.63, 3.8) is 0 Å². The summed E-state index contributed by atoms with van der Waals surface area (Å²) < 4.78 is 28.8. The lowest BCUT2D eigenvalue weighted by atomic mass is 10.3. The highest BCUT2D eigenvalue weighted by molar-refractivity contribution is 7.87. The lowest BCUT2D eigenvalue weighted by Gasteiger charge is -2.06. The Morgan fingerprint density at radius 1 is 0.864 bits per heavy atom. The van der Waals surface area contributed by atoms with Crippen molar-refractivity contribution in [1.82, 2.24) is 0 Å². The van der Waals surface area contributed by atoms with Gasteiger partial charge in [0.25, 0.3) is 11.4 Å². The third-order valence-electron chi connectivity index (χ3n) is 2.55. The van der Waals surface area contributed by atoms with Crippen LogP contribution in [0.15, 0.2) is 53.4 Å². The van der Waals surface area contributed by atoms with Crippen molar-refractivity contribution in [3.8, 4) is 5.75 Å². The molecule has 0 unspecified atom stereocenters. The van der Waals surface area contributed by atoms with Gasteiger partial charge in [0.15, 0.2) is 0 Å².